The van der Waals surface area contributed by atoms with Gasteiger partial charge in [0.2, 0.25) is 0 Å². The van der Waals surface area contributed by atoms with Gasteiger partial charge in [0.15, 0.2) is 0 Å². The van der Waals surface area contributed by atoms with Crippen LogP contribution < -0.4 is 10.2 Å². The van der Waals surface area contributed by atoms with Gasteiger partial charge in [-0.25, -0.2) is 5.43 Å². The fraction of sp³-hybridized carbons (Fsp3) is 0.0476. The molecule has 0 aliphatic carbocycles. The number of halogens is 2. The molecular formula is C21H16Br2N2O4. The van der Waals surface area contributed by atoms with Crippen molar-refractivity contribution in [1.82, 2.24) is 5.43 Å². The number of benzene rings is 3. The molecule has 3 N–H and O–H groups in total. The molecule has 0 bridgehead atoms. The van der Waals surface area contributed by atoms with Crippen LogP contribution in [0.15, 0.2) is 74.7 Å². The third-order valence-electron chi connectivity index (χ3n) is 3.81. The normalized spacial score (nSPS) is 10.8. The van der Waals surface area contributed by atoms with E-state index in [-0.39, 0.29) is 17.1 Å². The van der Waals surface area contributed by atoms with Crippen LogP contribution in [0, 0.1) is 0 Å². The molecule has 1 amide bonds. The average Bonchev–Trinajstić information content (AvgIpc) is 2.68. The Kier molecular flexibility index (Phi) is 6.90. The first-order chi connectivity index (χ1) is 13.9. The molecular weight excluding hydrogens is 504 g/mol. The number of hydrogen-bond donors (Lipinski definition) is 3. The van der Waals surface area contributed by atoms with E-state index in [1.54, 1.807) is 6.07 Å². The topological polar surface area (TPSA) is 91.2 Å². The highest BCUT2D eigenvalue weighted by molar-refractivity contribution is 9.10. The van der Waals surface area contributed by atoms with E-state index in [1.807, 2.05) is 36.4 Å². The molecule has 8 heteroatoms. The van der Waals surface area contributed by atoms with Gasteiger partial charge in [-0.05, 0) is 48.0 Å². The molecule has 3 aromatic carbocycles. The van der Waals surface area contributed by atoms with E-state index in [0.29, 0.717) is 17.9 Å². The number of amides is 1. The van der Waals surface area contributed by atoms with Crippen LogP contribution in [0.3, 0.4) is 0 Å². The van der Waals surface area contributed by atoms with Gasteiger partial charge in [-0.2, -0.15) is 5.10 Å². The van der Waals surface area contributed by atoms with E-state index in [1.165, 1.54) is 18.3 Å². The van der Waals surface area contributed by atoms with Crippen LogP contribution in [0.4, 0.5) is 0 Å². The summed E-state index contributed by atoms with van der Waals surface area (Å²) < 4.78 is 7.71. The van der Waals surface area contributed by atoms with E-state index < -0.39 is 5.91 Å². The minimum absolute atomic E-state index is 0.0839. The quantitative estimate of drug-likeness (QED) is 0.317. The largest absolute Gasteiger partial charge is 0.508 e. The summed E-state index contributed by atoms with van der Waals surface area (Å²) in [6.07, 6.45) is 1.46. The van der Waals surface area contributed by atoms with E-state index in [2.05, 4.69) is 42.4 Å². The van der Waals surface area contributed by atoms with Gasteiger partial charge in [0.05, 0.1) is 6.21 Å². The molecule has 0 aliphatic heterocycles. The highest BCUT2D eigenvalue weighted by atomic mass is 79.9. The number of hydrogen-bond acceptors (Lipinski definition) is 5. The molecule has 0 saturated heterocycles. The van der Waals surface area contributed by atoms with Gasteiger partial charge in [0, 0.05) is 26.1 Å². The number of phenols is 2. The fourth-order valence-electron chi connectivity index (χ4n) is 2.44. The molecule has 0 fully saturated rings. The van der Waals surface area contributed by atoms with Gasteiger partial charge in [-0.1, -0.05) is 44.0 Å². The van der Waals surface area contributed by atoms with Crippen molar-refractivity contribution in [3.05, 3.63) is 86.3 Å². The molecule has 0 spiro atoms. The lowest BCUT2D eigenvalue weighted by Gasteiger charge is -2.10. The van der Waals surface area contributed by atoms with Crippen LogP contribution in [0.1, 0.15) is 21.5 Å². The zero-order valence-electron chi connectivity index (χ0n) is 15.0. The maximum atomic E-state index is 12.1. The van der Waals surface area contributed by atoms with E-state index in [4.69, 9.17) is 4.74 Å². The Balaban J connectivity index is 1.70. The average molecular weight is 520 g/mol. The molecule has 0 unspecified atom stereocenters. The van der Waals surface area contributed by atoms with Crippen molar-refractivity contribution in [3.63, 3.8) is 0 Å². The van der Waals surface area contributed by atoms with Crippen molar-refractivity contribution < 1.29 is 19.7 Å². The van der Waals surface area contributed by atoms with Crippen molar-refractivity contribution in [2.75, 3.05) is 0 Å². The highest BCUT2D eigenvalue weighted by Gasteiger charge is 2.08. The Hall–Kier alpha value is -2.84. The van der Waals surface area contributed by atoms with Gasteiger partial charge in [-0.15, -0.1) is 0 Å². The van der Waals surface area contributed by atoms with Crippen molar-refractivity contribution in [2.24, 2.45) is 5.10 Å². The first kappa shape index (κ1) is 20.9. The zero-order valence-corrected chi connectivity index (χ0v) is 18.1. The van der Waals surface area contributed by atoms with Crippen LogP contribution in [0.5, 0.6) is 17.2 Å². The molecule has 0 atom stereocenters. The fourth-order valence-corrected chi connectivity index (χ4v) is 3.09. The van der Waals surface area contributed by atoms with Crippen LogP contribution in [-0.4, -0.2) is 22.3 Å². The number of aromatic hydroxyl groups is 2. The summed E-state index contributed by atoms with van der Waals surface area (Å²) in [6.45, 7) is 0.380. The number of carbonyl (C=O) groups is 1. The van der Waals surface area contributed by atoms with Crippen molar-refractivity contribution in [1.29, 1.82) is 0 Å². The SMILES string of the molecule is O=C(N/N=C/c1cc(Br)ccc1OCc1ccc(Br)cc1)c1cc(O)cc(O)c1. The second-order valence-corrected chi connectivity index (χ2v) is 7.87. The third kappa shape index (κ3) is 6.07. The molecule has 3 rings (SSSR count). The minimum atomic E-state index is -0.570. The summed E-state index contributed by atoms with van der Waals surface area (Å²) in [4.78, 5) is 12.1. The maximum absolute atomic E-state index is 12.1. The zero-order chi connectivity index (χ0) is 20.8. The minimum Gasteiger partial charge on any atom is -0.508 e. The Morgan fingerprint density at radius 2 is 1.62 bits per heavy atom. The van der Waals surface area contributed by atoms with Crippen molar-refractivity contribution in [3.8, 4) is 17.2 Å². The predicted octanol–water partition coefficient (Wildman–Crippen LogP) is 4.97. The molecule has 0 aliphatic rings. The van der Waals surface area contributed by atoms with Crippen LogP contribution in [0.2, 0.25) is 0 Å². The third-order valence-corrected chi connectivity index (χ3v) is 4.84. The van der Waals surface area contributed by atoms with Gasteiger partial charge < -0.3 is 14.9 Å². The second-order valence-electron chi connectivity index (χ2n) is 6.03. The van der Waals surface area contributed by atoms with E-state index in [9.17, 15) is 15.0 Å². The van der Waals surface area contributed by atoms with Crippen LogP contribution >= 0.6 is 31.9 Å². The summed E-state index contributed by atoms with van der Waals surface area (Å²) in [5, 5.41) is 22.9. The summed E-state index contributed by atoms with van der Waals surface area (Å²) >= 11 is 6.81. The monoisotopic (exact) mass is 518 g/mol. The number of rotatable bonds is 6. The molecule has 3 aromatic rings. The summed E-state index contributed by atoms with van der Waals surface area (Å²) in [5.74, 6) is -0.395. The summed E-state index contributed by atoms with van der Waals surface area (Å²) in [7, 11) is 0. The Bertz CT molecular complexity index is 1030. The number of nitrogens with zero attached hydrogens (tertiary/aromatic N) is 1. The molecule has 0 heterocycles. The number of phenolic OH excluding ortho intramolecular Hbond substituents is 2. The van der Waals surface area contributed by atoms with Crippen molar-refractivity contribution >= 4 is 44.0 Å². The molecule has 6 nitrogen and oxygen atoms in total. The predicted molar refractivity (Wildman–Crippen MR) is 117 cm³/mol. The van der Waals surface area contributed by atoms with Gasteiger partial charge in [0.25, 0.3) is 5.91 Å². The first-order valence-corrected chi connectivity index (χ1v) is 10.0. The smallest absolute Gasteiger partial charge is 0.271 e. The number of hydrazone groups is 1. The first-order valence-electron chi connectivity index (χ1n) is 8.44. The van der Waals surface area contributed by atoms with E-state index in [0.717, 1.165) is 20.6 Å². The Labute approximate surface area is 184 Å². The second kappa shape index (κ2) is 9.58. The van der Waals surface area contributed by atoms with Crippen LogP contribution in [-0.2, 0) is 6.61 Å². The van der Waals surface area contributed by atoms with Gasteiger partial charge >= 0.3 is 0 Å². The van der Waals surface area contributed by atoms with Crippen LogP contribution in [0.25, 0.3) is 0 Å². The van der Waals surface area contributed by atoms with Gasteiger partial charge in [0.1, 0.15) is 23.9 Å². The number of ether oxygens (including phenoxy) is 1. The standard InChI is InChI=1S/C21H16Br2N2O4/c22-16-3-1-13(2-4-16)12-29-20-6-5-17(23)7-15(20)11-24-25-21(28)14-8-18(26)10-19(27)9-14/h1-11,26-27H,12H2,(H,25,28)/b24-11+. The molecule has 148 valence electrons. The Morgan fingerprint density at radius 1 is 0.966 bits per heavy atom. The molecule has 0 radical (unpaired) electrons. The highest BCUT2D eigenvalue weighted by Crippen LogP contribution is 2.23. The molecule has 0 saturated carbocycles. The van der Waals surface area contributed by atoms with E-state index >= 15 is 0 Å². The summed E-state index contributed by atoms with van der Waals surface area (Å²) in [5.41, 5.74) is 4.12. The number of carbonyl (C=O) groups excluding carboxylic acids is 1. The maximum Gasteiger partial charge on any atom is 0.271 e. The van der Waals surface area contributed by atoms with Crippen molar-refractivity contribution in [2.45, 2.75) is 6.61 Å². The molecule has 29 heavy (non-hydrogen) atoms. The summed E-state index contributed by atoms with van der Waals surface area (Å²) in [6, 6.07) is 16.9. The lowest BCUT2D eigenvalue weighted by atomic mass is 10.2. The lowest BCUT2D eigenvalue weighted by Crippen LogP contribution is -2.17. The molecule has 0 aromatic heterocycles. The number of nitrogens with one attached hydrogen (secondary N) is 1. The van der Waals surface area contributed by atoms with Gasteiger partial charge in [-0.3, -0.25) is 4.79 Å². The lowest BCUT2D eigenvalue weighted by molar-refractivity contribution is 0.0954. The Morgan fingerprint density at radius 3 is 2.31 bits per heavy atom.